The van der Waals surface area contributed by atoms with Crippen molar-refractivity contribution in [3.05, 3.63) is 63.1 Å². The highest BCUT2D eigenvalue weighted by Gasteiger charge is 2.03. The molecule has 0 saturated carbocycles. The maximum atomic E-state index is 6.15. The number of benzene rings is 2. The first-order valence-corrected chi connectivity index (χ1v) is 7.70. The third kappa shape index (κ3) is 3.74. The predicted octanol–water partition coefficient (Wildman–Crippen LogP) is 5.58. The van der Waals surface area contributed by atoms with E-state index in [4.69, 9.17) is 16.3 Å². The number of rotatable bonds is 4. The van der Waals surface area contributed by atoms with Gasteiger partial charge in [0, 0.05) is 9.80 Å². The maximum absolute atomic E-state index is 6.15. The van der Waals surface area contributed by atoms with E-state index in [-0.39, 0.29) is 0 Å². The van der Waals surface area contributed by atoms with Crippen molar-refractivity contribution in [1.82, 2.24) is 0 Å². The van der Waals surface area contributed by atoms with Crippen LogP contribution in [0.25, 0.3) is 0 Å². The maximum Gasteiger partial charge on any atom is 0.138 e. The van der Waals surface area contributed by atoms with Crippen molar-refractivity contribution in [2.45, 2.75) is 11.9 Å². The number of ether oxygens (including phenoxy) is 1. The van der Waals surface area contributed by atoms with Crippen LogP contribution >= 0.6 is 43.5 Å². The second-order valence-electron chi connectivity index (χ2n) is 3.82. The van der Waals surface area contributed by atoms with Gasteiger partial charge in [-0.2, -0.15) is 0 Å². The Balaban J connectivity index is 2.06. The fraction of sp³-hybridized carbons (Fsp3) is 0.143. The molecule has 2 aromatic carbocycles. The molecule has 18 heavy (non-hydrogen) atoms. The summed E-state index contributed by atoms with van der Waals surface area (Å²) in [7, 11) is 0. The molecular formula is C14H11Br2ClO. The molecule has 2 rings (SSSR count). The Hall–Kier alpha value is -0.510. The van der Waals surface area contributed by atoms with E-state index in [0.717, 1.165) is 20.9 Å². The van der Waals surface area contributed by atoms with Crippen LogP contribution in [0.4, 0.5) is 0 Å². The highest BCUT2D eigenvalue weighted by molar-refractivity contribution is 9.10. The standard InChI is InChI=1S/C14H11Br2ClO/c15-8-10-4-5-14(13(17)7-10)18-9-11-2-1-3-12(16)6-11/h1-7H,8-9H2. The molecule has 0 N–H and O–H groups in total. The van der Waals surface area contributed by atoms with Crippen LogP contribution in [-0.2, 0) is 11.9 Å². The first kappa shape index (κ1) is 13.9. The molecule has 0 bridgehead atoms. The normalized spacial score (nSPS) is 10.4. The molecule has 0 aliphatic rings. The van der Waals surface area contributed by atoms with Crippen LogP contribution in [-0.4, -0.2) is 0 Å². The van der Waals surface area contributed by atoms with Gasteiger partial charge < -0.3 is 4.74 Å². The van der Waals surface area contributed by atoms with Crippen molar-refractivity contribution >= 4 is 43.5 Å². The lowest BCUT2D eigenvalue weighted by atomic mass is 10.2. The molecule has 0 unspecified atom stereocenters. The molecule has 0 fully saturated rings. The number of hydrogen-bond acceptors (Lipinski definition) is 1. The highest BCUT2D eigenvalue weighted by Crippen LogP contribution is 2.27. The molecule has 0 aliphatic carbocycles. The molecule has 0 radical (unpaired) electrons. The van der Waals surface area contributed by atoms with Gasteiger partial charge in [-0.3, -0.25) is 0 Å². The van der Waals surface area contributed by atoms with Crippen LogP contribution in [0.2, 0.25) is 5.02 Å². The molecule has 0 atom stereocenters. The second-order valence-corrected chi connectivity index (χ2v) is 5.70. The van der Waals surface area contributed by atoms with E-state index in [0.29, 0.717) is 17.4 Å². The Morgan fingerprint density at radius 1 is 1.06 bits per heavy atom. The lowest BCUT2D eigenvalue weighted by Crippen LogP contribution is -1.96. The Kier molecular flexibility index (Phi) is 5.10. The molecule has 2 aromatic rings. The van der Waals surface area contributed by atoms with Crippen LogP contribution in [0.5, 0.6) is 5.75 Å². The van der Waals surface area contributed by atoms with Crippen molar-refractivity contribution in [3.8, 4) is 5.75 Å². The summed E-state index contributed by atoms with van der Waals surface area (Å²) < 4.78 is 6.75. The third-order valence-corrected chi connectivity index (χ3v) is 3.87. The van der Waals surface area contributed by atoms with Crippen molar-refractivity contribution in [2.24, 2.45) is 0 Å². The minimum atomic E-state index is 0.507. The average molecular weight is 391 g/mol. The van der Waals surface area contributed by atoms with E-state index in [1.807, 2.05) is 42.5 Å². The van der Waals surface area contributed by atoms with Crippen molar-refractivity contribution in [1.29, 1.82) is 0 Å². The van der Waals surface area contributed by atoms with E-state index in [1.165, 1.54) is 0 Å². The van der Waals surface area contributed by atoms with E-state index < -0.39 is 0 Å². The van der Waals surface area contributed by atoms with Crippen LogP contribution < -0.4 is 4.74 Å². The zero-order chi connectivity index (χ0) is 13.0. The topological polar surface area (TPSA) is 9.23 Å². The number of halogens is 3. The summed E-state index contributed by atoms with van der Waals surface area (Å²) in [6.45, 7) is 0.507. The summed E-state index contributed by atoms with van der Waals surface area (Å²) >= 11 is 13.0. The van der Waals surface area contributed by atoms with Crippen LogP contribution in [0.15, 0.2) is 46.9 Å². The lowest BCUT2D eigenvalue weighted by molar-refractivity contribution is 0.306. The Morgan fingerprint density at radius 3 is 2.56 bits per heavy atom. The van der Waals surface area contributed by atoms with Gasteiger partial charge in [0.15, 0.2) is 0 Å². The van der Waals surface area contributed by atoms with Gasteiger partial charge in [0.2, 0.25) is 0 Å². The van der Waals surface area contributed by atoms with Gasteiger partial charge in [-0.05, 0) is 35.4 Å². The number of alkyl halides is 1. The summed E-state index contributed by atoms with van der Waals surface area (Å²) in [6, 6.07) is 13.8. The molecule has 0 aromatic heterocycles. The minimum Gasteiger partial charge on any atom is -0.487 e. The first-order valence-electron chi connectivity index (χ1n) is 5.40. The SMILES string of the molecule is Clc1cc(CBr)ccc1OCc1cccc(Br)c1. The lowest BCUT2D eigenvalue weighted by Gasteiger charge is -2.09. The van der Waals surface area contributed by atoms with Gasteiger partial charge in [0.05, 0.1) is 5.02 Å². The zero-order valence-electron chi connectivity index (χ0n) is 9.50. The molecule has 4 heteroatoms. The predicted molar refractivity (Wildman–Crippen MR) is 82.6 cm³/mol. The van der Waals surface area contributed by atoms with Gasteiger partial charge in [-0.15, -0.1) is 0 Å². The van der Waals surface area contributed by atoms with Crippen molar-refractivity contribution in [3.63, 3.8) is 0 Å². The smallest absolute Gasteiger partial charge is 0.138 e. The fourth-order valence-corrected chi connectivity index (χ4v) is 2.59. The quantitative estimate of drug-likeness (QED) is 0.620. The summed E-state index contributed by atoms with van der Waals surface area (Å²) in [6.07, 6.45) is 0. The molecule has 94 valence electrons. The highest BCUT2D eigenvalue weighted by atomic mass is 79.9. The molecule has 0 amide bonds. The van der Waals surface area contributed by atoms with Gasteiger partial charge in [0.1, 0.15) is 12.4 Å². The first-order chi connectivity index (χ1) is 8.69. The third-order valence-electron chi connectivity index (χ3n) is 2.43. The van der Waals surface area contributed by atoms with Gasteiger partial charge in [-0.25, -0.2) is 0 Å². The van der Waals surface area contributed by atoms with E-state index in [9.17, 15) is 0 Å². The largest absolute Gasteiger partial charge is 0.487 e. The second kappa shape index (κ2) is 6.60. The van der Waals surface area contributed by atoms with Crippen molar-refractivity contribution in [2.75, 3.05) is 0 Å². The molecule has 0 aliphatic heterocycles. The Labute approximate surface area is 128 Å². The molecule has 0 heterocycles. The molecular weight excluding hydrogens is 379 g/mol. The van der Waals surface area contributed by atoms with E-state index in [1.54, 1.807) is 0 Å². The molecule has 1 nitrogen and oxygen atoms in total. The Bertz CT molecular complexity index is 543. The van der Waals surface area contributed by atoms with Crippen LogP contribution in [0.3, 0.4) is 0 Å². The Morgan fingerprint density at radius 2 is 1.89 bits per heavy atom. The van der Waals surface area contributed by atoms with Gasteiger partial charge >= 0.3 is 0 Å². The van der Waals surface area contributed by atoms with Gasteiger partial charge in [0.25, 0.3) is 0 Å². The van der Waals surface area contributed by atoms with Crippen LogP contribution in [0.1, 0.15) is 11.1 Å². The monoisotopic (exact) mass is 388 g/mol. The molecule has 0 saturated heterocycles. The van der Waals surface area contributed by atoms with E-state index in [2.05, 4.69) is 31.9 Å². The van der Waals surface area contributed by atoms with Gasteiger partial charge in [-0.1, -0.05) is 61.7 Å². The summed E-state index contributed by atoms with van der Waals surface area (Å²) in [5.74, 6) is 0.710. The van der Waals surface area contributed by atoms with Crippen molar-refractivity contribution < 1.29 is 4.74 Å². The van der Waals surface area contributed by atoms with Crippen LogP contribution in [0, 0.1) is 0 Å². The van der Waals surface area contributed by atoms with E-state index >= 15 is 0 Å². The average Bonchev–Trinajstić information content (AvgIpc) is 2.37. The summed E-state index contributed by atoms with van der Waals surface area (Å²) in [4.78, 5) is 0. The number of hydrogen-bond donors (Lipinski definition) is 0. The minimum absolute atomic E-state index is 0.507. The summed E-state index contributed by atoms with van der Waals surface area (Å²) in [5.41, 5.74) is 2.24. The summed E-state index contributed by atoms with van der Waals surface area (Å²) in [5, 5.41) is 1.43. The fourth-order valence-electron chi connectivity index (χ4n) is 1.53. The molecule has 0 spiro atoms. The zero-order valence-corrected chi connectivity index (χ0v) is 13.4.